The molecule has 0 N–H and O–H groups in total. The number of nitrogens with zero attached hydrogens (tertiary/aromatic N) is 5. The Morgan fingerprint density at radius 1 is 1.07 bits per heavy atom. The van der Waals surface area contributed by atoms with Gasteiger partial charge in [-0.3, -0.25) is 4.79 Å². The first kappa shape index (κ1) is 17.4. The highest BCUT2D eigenvalue weighted by molar-refractivity contribution is 5.95. The number of ether oxygens (including phenoxy) is 2. The number of fused-ring (bicyclic) bond motifs is 1. The number of benzene rings is 1. The van der Waals surface area contributed by atoms with E-state index in [-0.39, 0.29) is 12.7 Å². The standard InChI is InChI=1S/C22H21N5O3/c28-21(26-9-1-2-10-26)16-12-24-27(20(16)14-3-4-14)22-23-8-7-17(25-22)15-5-6-18-19(11-15)30-13-29-18/h5-8,11-12,14H,1-4,9-10,13H2. The minimum Gasteiger partial charge on any atom is -0.454 e. The van der Waals surface area contributed by atoms with Gasteiger partial charge in [0, 0.05) is 30.8 Å². The number of likely N-dealkylation sites (tertiary alicyclic amines) is 1. The van der Waals surface area contributed by atoms with Gasteiger partial charge >= 0.3 is 0 Å². The molecule has 8 heteroatoms. The fourth-order valence-corrected chi connectivity index (χ4v) is 4.19. The van der Waals surface area contributed by atoms with Crippen LogP contribution >= 0.6 is 0 Å². The fraction of sp³-hybridized carbons (Fsp3) is 0.364. The first-order valence-corrected chi connectivity index (χ1v) is 10.4. The average molecular weight is 403 g/mol. The van der Waals surface area contributed by atoms with Gasteiger partial charge in [0.25, 0.3) is 11.9 Å². The molecular formula is C22H21N5O3. The second kappa shape index (κ2) is 6.83. The van der Waals surface area contributed by atoms with Crippen molar-refractivity contribution in [2.45, 2.75) is 31.6 Å². The Balaban J connectivity index is 1.38. The lowest BCUT2D eigenvalue weighted by atomic mass is 10.1. The molecule has 2 aliphatic heterocycles. The third-order valence-electron chi connectivity index (χ3n) is 5.89. The topological polar surface area (TPSA) is 82.4 Å². The van der Waals surface area contributed by atoms with Crippen LogP contribution in [0.5, 0.6) is 11.5 Å². The van der Waals surface area contributed by atoms with Crippen molar-refractivity contribution in [3.05, 3.63) is 47.9 Å². The molecule has 0 unspecified atom stereocenters. The Morgan fingerprint density at radius 3 is 2.73 bits per heavy atom. The number of amides is 1. The van der Waals surface area contributed by atoms with Crippen molar-refractivity contribution in [2.75, 3.05) is 19.9 Å². The molecule has 1 aliphatic carbocycles. The SMILES string of the molecule is O=C(c1cnn(-c2nccc(-c3ccc4c(c3)OCO4)n2)c1C1CC1)N1CCCC1. The summed E-state index contributed by atoms with van der Waals surface area (Å²) in [6.45, 7) is 1.88. The van der Waals surface area contributed by atoms with Crippen LogP contribution in [0.2, 0.25) is 0 Å². The lowest BCUT2D eigenvalue weighted by Gasteiger charge is -2.15. The predicted octanol–water partition coefficient (Wildman–Crippen LogP) is 3.17. The molecule has 0 bridgehead atoms. The summed E-state index contributed by atoms with van der Waals surface area (Å²) in [5.74, 6) is 2.34. The van der Waals surface area contributed by atoms with E-state index in [4.69, 9.17) is 14.5 Å². The smallest absolute Gasteiger partial charge is 0.257 e. The molecule has 1 saturated carbocycles. The van der Waals surface area contributed by atoms with E-state index in [2.05, 4.69) is 10.1 Å². The molecule has 3 aromatic rings. The second-order valence-electron chi connectivity index (χ2n) is 7.94. The molecule has 4 heterocycles. The minimum absolute atomic E-state index is 0.0765. The lowest BCUT2D eigenvalue weighted by Crippen LogP contribution is -2.28. The maximum Gasteiger partial charge on any atom is 0.257 e. The largest absolute Gasteiger partial charge is 0.454 e. The van der Waals surface area contributed by atoms with Crippen molar-refractivity contribution in [1.29, 1.82) is 0 Å². The van der Waals surface area contributed by atoms with Crippen molar-refractivity contribution in [1.82, 2.24) is 24.6 Å². The number of carbonyl (C=O) groups excluding carboxylic acids is 1. The molecule has 6 rings (SSSR count). The van der Waals surface area contributed by atoms with Gasteiger partial charge in [-0.25, -0.2) is 14.6 Å². The lowest BCUT2D eigenvalue weighted by molar-refractivity contribution is 0.0791. The fourth-order valence-electron chi connectivity index (χ4n) is 4.19. The Morgan fingerprint density at radius 2 is 1.90 bits per heavy atom. The molecule has 2 aromatic heterocycles. The second-order valence-corrected chi connectivity index (χ2v) is 7.94. The molecule has 0 spiro atoms. The maximum absolute atomic E-state index is 13.0. The van der Waals surface area contributed by atoms with E-state index in [1.807, 2.05) is 29.2 Å². The van der Waals surface area contributed by atoms with Gasteiger partial charge in [0.05, 0.1) is 23.1 Å². The van der Waals surface area contributed by atoms with Gasteiger partial charge in [-0.05, 0) is 49.9 Å². The van der Waals surface area contributed by atoms with E-state index in [0.29, 0.717) is 23.2 Å². The predicted molar refractivity (Wildman–Crippen MR) is 108 cm³/mol. The van der Waals surface area contributed by atoms with E-state index < -0.39 is 0 Å². The van der Waals surface area contributed by atoms with Gasteiger partial charge in [-0.2, -0.15) is 5.10 Å². The normalized spacial score (nSPS) is 17.5. The van der Waals surface area contributed by atoms with Gasteiger partial charge in [0.15, 0.2) is 11.5 Å². The Labute approximate surface area is 173 Å². The minimum atomic E-state index is 0.0765. The number of aromatic nitrogens is 4. The van der Waals surface area contributed by atoms with E-state index in [0.717, 1.165) is 61.5 Å². The van der Waals surface area contributed by atoms with Crippen LogP contribution in [0.4, 0.5) is 0 Å². The molecule has 2 fully saturated rings. The molecule has 30 heavy (non-hydrogen) atoms. The Bertz CT molecular complexity index is 1130. The Hall–Kier alpha value is -3.42. The molecule has 0 radical (unpaired) electrons. The van der Waals surface area contributed by atoms with E-state index in [1.165, 1.54) is 0 Å². The van der Waals surface area contributed by atoms with Crippen LogP contribution in [0.15, 0.2) is 36.7 Å². The zero-order chi connectivity index (χ0) is 20.1. The summed E-state index contributed by atoms with van der Waals surface area (Å²) in [4.78, 5) is 24.2. The average Bonchev–Trinajstić information content (AvgIpc) is 3.19. The van der Waals surface area contributed by atoms with Crippen LogP contribution in [0, 0.1) is 0 Å². The number of rotatable bonds is 4. The quantitative estimate of drug-likeness (QED) is 0.666. The zero-order valence-electron chi connectivity index (χ0n) is 16.5. The number of hydrogen-bond acceptors (Lipinski definition) is 6. The number of carbonyl (C=O) groups is 1. The van der Waals surface area contributed by atoms with Gasteiger partial charge in [0.1, 0.15) is 0 Å². The third-order valence-corrected chi connectivity index (χ3v) is 5.89. The first-order chi connectivity index (χ1) is 14.8. The maximum atomic E-state index is 13.0. The molecule has 3 aliphatic rings. The van der Waals surface area contributed by atoms with Crippen LogP contribution in [-0.2, 0) is 0 Å². The zero-order valence-corrected chi connectivity index (χ0v) is 16.5. The molecule has 0 atom stereocenters. The van der Waals surface area contributed by atoms with Crippen molar-refractivity contribution >= 4 is 5.91 Å². The summed E-state index contributed by atoms with van der Waals surface area (Å²) in [6.07, 6.45) is 7.67. The highest BCUT2D eigenvalue weighted by Crippen LogP contribution is 2.43. The highest BCUT2D eigenvalue weighted by Gasteiger charge is 2.35. The van der Waals surface area contributed by atoms with Gasteiger partial charge in [-0.15, -0.1) is 0 Å². The molecular weight excluding hydrogens is 382 g/mol. The van der Waals surface area contributed by atoms with Crippen LogP contribution in [0.25, 0.3) is 17.2 Å². The highest BCUT2D eigenvalue weighted by atomic mass is 16.7. The Kier molecular flexibility index (Phi) is 3.97. The van der Waals surface area contributed by atoms with Crippen LogP contribution in [0.1, 0.15) is 47.7 Å². The van der Waals surface area contributed by atoms with Crippen molar-refractivity contribution in [3.8, 4) is 28.7 Å². The third kappa shape index (κ3) is 2.91. The van der Waals surface area contributed by atoms with Crippen molar-refractivity contribution in [3.63, 3.8) is 0 Å². The van der Waals surface area contributed by atoms with Crippen LogP contribution < -0.4 is 9.47 Å². The van der Waals surface area contributed by atoms with Crippen LogP contribution in [-0.4, -0.2) is 50.4 Å². The van der Waals surface area contributed by atoms with Crippen molar-refractivity contribution in [2.24, 2.45) is 0 Å². The van der Waals surface area contributed by atoms with E-state index >= 15 is 0 Å². The van der Waals surface area contributed by atoms with E-state index in [9.17, 15) is 4.79 Å². The molecule has 152 valence electrons. The first-order valence-electron chi connectivity index (χ1n) is 10.4. The molecule has 1 aromatic carbocycles. The summed E-state index contributed by atoms with van der Waals surface area (Å²) in [6, 6.07) is 7.61. The van der Waals surface area contributed by atoms with Gasteiger partial charge < -0.3 is 14.4 Å². The molecule has 1 amide bonds. The van der Waals surface area contributed by atoms with Gasteiger partial charge in [-0.1, -0.05) is 0 Å². The molecule has 1 saturated heterocycles. The summed E-state index contributed by atoms with van der Waals surface area (Å²) in [5, 5.41) is 4.53. The van der Waals surface area contributed by atoms with Gasteiger partial charge in [0.2, 0.25) is 6.79 Å². The summed E-state index contributed by atoms with van der Waals surface area (Å²) < 4.78 is 12.6. The summed E-state index contributed by atoms with van der Waals surface area (Å²) in [5.41, 5.74) is 3.31. The number of hydrogen-bond donors (Lipinski definition) is 0. The van der Waals surface area contributed by atoms with Crippen LogP contribution in [0.3, 0.4) is 0 Å². The van der Waals surface area contributed by atoms with E-state index in [1.54, 1.807) is 17.1 Å². The monoisotopic (exact) mass is 403 g/mol. The summed E-state index contributed by atoms with van der Waals surface area (Å²) >= 11 is 0. The molecule has 8 nitrogen and oxygen atoms in total. The van der Waals surface area contributed by atoms with Crippen molar-refractivity contribution < 1.29 is 14.3 Å². The summed E-state index contributed by atoms with van der Waals surface area (Å²) in [7, 11) is 0.